The average molecular weight is 312 g/mol. The zero-order valence-electron chi connectivity index (χ0n) is 14.2. The summed E-state index contributed by atoms with van der Waals surface area (Å²) in [5.41, 5.74) is 0.287. The number of hydrogen-bond acceptors (Lipinski definition) is 3. The zero-order valence-corrected chi connectivity index (χ0v) is 14.2. The molecule has 2 aromatic carbocycles. The van der Waals surface area contributed by atoms with Crippen LogP contribution in [0.2, 0.25) is 0 Å². The van der Waals surface area contributed by atoms with E-state index in [1.807, 2.05) is 88.4 Å². The van der Waals surface area contributed by atoms with E-state index in [-0.39, 0.29) is 12.2 Å². The van der Waals surface area contributed by atoms with Crippen molar-refractivity contribution in [3.8, 4) is 0 Å². The summed E-state index contributed by atoms with van der Waals surface area (Å²) in [6.07, 6.45) is 0.205. The number of benzene rings is 2. The van der Waals surface area contributed by atoms with Gasteiger partial charge in [0.1, 0.15) is 5.60 Å². The molecule has 122 valence electrons. The first-order valence-corrected chi connectivity index (χ1v) is 7.81. The molecule has 0 aliphatic heterocycles. The molecule has 0 fully saturated rings. The van der Waals surface area contributed by atoms with Crippen LogP contribution in [0, 0.1) is 0 Å². The maximum Gasteiger partial charge on any atom is 0.166 e. The first-order chi connectivity index (χ1) is 10.8. The van der Waals surface area contributed by atoms with Crippen molar-refractivity contribution in [1.82, 2.24) is 0 Å². The van der Waals surface area contributed by atoms with Gasteiger partial charge in [-0.3, -0.25) is 4.79 Å². The molecule has 2 aromatic rings. The average Bonchev–Trinajstić information content (AvgIpc) is 2.54. The molecule has 3 nitrogen and oxygen atoms in total. The Morgan fingerprint density at radius 3 is 1.87 bits per heavy atom. The van der Waals surface area contributed by atoms with E-state index in [1.165, 1.54) is 0 Å². The molecule has 0 amide bonds. The van der Waals surface area contributed by atoms with Crippen molar-refractivity contribution in [2.75, 3.05) is 0 Å². The molecule has 0 radical (unpaired) electrons. The summed E-state index contributed by atoms with van der Waals surface area (Å²) in [5.74, 6) is 0.0227. The zero-order chi connectivity index (χ0) is 16.9. The van der Waals surface area contributed by atoms with Crippen molar-refractivity contribution in [1.29, 1.82) is 0 Å². The van der Waals surface area contributed by atoms with Gasteiger partial charge in [-0.25, -0.2) is 9.78 Å². The van der Waals surface area contributed by atoms with Crippen LogP contribution >= 0.6 is 0 Å². The highest BCUT2D eigenvalue weighted by atomic mass is 17.2. The van der Waals surface area contributed by atoms with Gasteiger partial charge in [0.2, 0.25) is 0 Å². The first-order valence-electron chi connectivity index (χ1n) is 7.81. The lowest BCUT2D eigenvalue weighted by molar-refractivity contribution is -0.404. The SMILES string of the molecule is CC(C)(C)OOC(C)(CC(=O)c1ccccc1)c1ccccc1. The second-order valence-corrected chi connectivity index (χ2v) is 6.84. The third kappa shape index (κ3) is 5.02. The number of rotatable bonds is 6. The highest BCUT2D eigenvalue weighted by molar-refractivity contribution is 5.96. The van der Waals surface area contributed by atoms with Gasteiger partial charge in [-0.2, -0.15) is 0 Å². The highest BCUT2D eigenvalue weighted by Gasteiger charge is 2.34. The predicted octanol–water partition coefficient (Wildman–Crippen LogP) is 4.92. The van der Waals surface area contributed by atoms with Crippen LogP contribution in [0.4, 0.5) is 0 Å². The van der Waals surface area contributed by atoms with Crippen LogP contribution in [0.1, 0.15) is 50.0 Å². The van der Waals surface area contributed by atoms with Crippen LogP contribution in [0.15, 0.2) is 60.7 Å². The molecule has 0 N–H and O–H groups in total. The van der Waals surface area contributed by atoms with E-state index in [9.17, 15) is 4.79 Å². The van der Waals surface area contributed by atoms with E-state index in [1.54, 1.807) is 0 Å². The Hall–Kier alpha value is -1.97. The Labute approximate surface area is 138 Å². The minimum atomic E-state index is -0.846. The number of ketones is 1. The van der Waals surface area contributed by atoms with Gasteiger partial charge in [0, 0.05) is 12.0 Å². The summed E-state index contributed by atoms with van der Waals surface area (Å²) in [7, 11) is 0. The predicted molar refractivity (Wildman–Crippen MR) is 91.1 cm³/mol. The fourth-order valence-corrected chi connectivity index (χ4v) is 2.22. The van der Waals surface area contributed by atoms with Crippen molar-refractivity contribution in [3.05, 3.63) is 71.8 Å². The molecular formula is C20H24O3. The van der Waals surface area contributed by atoms with Crippen LogP contribution in [0.3, 0.4) is 0 Å². The Morgan fingerprint density at radius 1 is 0.826 bits per heavy atom. The molecule has 0 aliphatic carbocycles. The Bertz CT molecular complexity index is 629. The van der Waals surface area contributed by atoms with Gasteiger partial charge in [-0.1, -0.05) is 60.7 Å². The van der Waals surface area contributed by atoms with Gasteiger partial charge in [-0.15, -0.1) is 0 Å². The second-order valence-electron chi connectivity index (χ2n) is 6.84. The summed E-state index contributed by atoms with van der Waals surface area (Å²) in [5, 5.41) is 0. The summed E-state index contributed by atoms with van der Waals surface area (Å²) >= 11 is 0. The van der Waals surface area contributed by atoms with E-state index in [4.69, 9.17) is 9.78 Å². The standard InChI is InChI=1S/C20H24O3/c1-19(2,3)22-23-20(4,17-13-9-6-10-14-17)15-18(21)16-11-7-5-8-12-16/h5-14H,15H2,1-4H3. The molecule has 0 saturated heterocycles. The molecular weight excluding hydrogens is 288 g/mol. The molecule has 23 heavy (non-hydrogen) atoms. The molecule has 1 unspecified atom stereocenters. The lowest BCUT2D eigenvalue weighted by Crippen LogP contribution is -2.33. The van der Waals surface area contributed by atoms with Gasteiger partial charge in [0.05, 0.1) is 5.60 Å². The molecule has 0 aromatic heterocycles. The molecule has 2 rings (SSSR count). The Morgan fingerprint density at radius 2 is 1.35 bits per heavy atom. The van der Waals surface area contributed by atoms with E-state index >= 15 is 0 Å². The first kappa shape index (κ1) is 17.4. The van der Waals surface area contributed by atoms with Crippen LogP contribution in [0.5, 0.6) is 0 Å². The van der Waals surface area contributed by atoms with Gasteiger partial charge in [0.25, 0.3) is 0 Å². The van der Waals surface area contributed by atoms with E-state index < -0.39 is 11.2 Å². The van der Waals surface area contributed by atoms with Crippen molar-refractivity contribution < 1.29 is 14.6 Å². The van der Waals surface area contributed by atoms with Crippen LogP contribution in [-0.2, 0) is 15.4 Å². The Kier molecular flexibility index (Phi) is 5.34. The molecule has 1 atom stereocenters. The number of hydrogen-bond donors (Lipinski definition) is 0. The molecule has 0 aliphatic rings. The smallest absolute Gasteiger partial charge is 0.166 e. The van der Waals surface area contributed by atoms with Gasteiger partial charge in [0.15, 0.2) is 5.78 Å². The van der Waals surface area contributed by atoms with Gasteiger partial charge >= 0.3 is 0 Å². The third-order valence-corrected chi connectivity index (χ3v) is 3.45. The fourth-order valence-electron chi connectivity index (χ4n) is 2.22. The van der Waals surface area contributed by atoms with Crippen molar-refractivity contribution >= 4 is 5.78 Å². The van der Waals surface area contributed by atoms with Gasteiger partial charge in [-0.05, 0) is 33.3 Å². The highest BCUT2D eigenvalue weighted by Crippen LogP contribution is 2.32. The molecule has 0 saturated carbocycles. The van der Waals surface area contributed by atoms with Crippen LogP contribution in [-0.4, -0.2) is 11.4 Å². The monoisotopic (exact) mass is 312 g/mol. The fraction of sp³-hybridized carbons (Fsp3) is 0.350. The molecule has 0 bridgehead atoms. The van der Waals surface area contributed by atoms with Crippen LogP contribution < -0.4 is 0 Å². The second kappa shape index (κ2) is 7.07. The third-order valence-electron chi connectivity index (χ3n) is 3.45. The van der Waals surface area contributed by atoms with Crippen LogP contribution in [0.25, 0.3) is 0 Å². The van der Waals surface area contributed by atoms with E-state index in [2.05, 4.69) is 0 Å². The molecule has 0 spiro atoms. The summed E-state index contributed by atoms with van der Waals surface area (Å²) in [6, 6.07) is 19.0. The topological polar surface area (TPSA) is 35.5 Å². The van der Waals surface area contributed by atoms with E-state index in [0.29, 0.717) is 5.56 Å². The number of carbonyl (C=O) groups is 1. The number of carbonyl (C=O) groups excluding carboxylic acids is 1. The van der Waals surface area contributed by atoms with Crippen molar-refractivity contribution in [2.24, 2.45) is 0 Å². The molecule has 0 heterocycles. The normalized spacial score (nSPS) is 14.3. The quantitative estimate of drug-likeness (QED) is 0.431. The largest absolute Gasteiger partial charge is 0.294 e. The lowest BCUT2D eigenvalue weighted by Gasteiger charge is -2.31. The maximum atomic E-state index is 12.6. The van der Waals surface area contributed by atoms with Gasteiger partial charge < -0.3 is 0 Å². The van der Waals surface area contributed by atoms with Crippen molar-refractivity contribution in [2.45, 2.75) is 45.3 Å². The summed E-state index contributed by atoms with van der Waals surface area (Å²) < 4.78 is 0. The Balaban J connectivity index is 2.25. The van der Waals surface area contributed by atoms with E-state index in [0.717, 1.165) is 5.56 Å². The maximum absolute atomic E-state index is 12.6. The summed E-state index contributed by atoms with van der Waals surface area (Å²) in [4.78, 5) is 23.9. The minimum absolute atomic E-state index is 0.0227. The minimum Gasteiger partial charge on any atom is -0.294 e. The molecule has 3 heteroatoms. The summed E-state index contributed by atoms with van der Waals surface area (Å²) in [6.45, 7) is 7.63. The number of Topliss-reactive ketones (excluding diaryl/α,β-unsaturated/α-hetero) is 1. The van der Waals surface area contributed by atoms with Crippen molar-refractivity contribution in [3.63, 3.8) is 0 Å². The lowest BCUT2D eigenvalue weighted by atomic mass is 9.89.